The molecule has 0 bridgehead atoms. The summed E-state index contributed by atoms with van der Waals surface area (Å²) in [7, 11) is -1.25. The number of halogens is 1. The Morgan fingerprint density at radius 3 is 2.55 bits per heavy atom. The number of carbonyl (C=O) groups is 1. The van der Waals surface area contributed by atoms with E-state index in [1.54, 1.807) is 0 Å². The molecule has 3 atom stereocenters. The lowest BCUT2D eigenvalue weighted by Crippen LogP contribution is -2.48. The summed E-state index contributed by atoms with van der Waals surface area (Å²) < 4.78 is 22.9. The van der Waals surface area contributed by atoms with Gasteiger partial charge in [-0.05, 0) is 25.8 Å². The molecule has 1 saturated heterocycles. The number of likely N-dealkylation sites (N-methyl/N-ethyl adjacent to an activating group) is 1. The Morgan fingerprint density at radius 1 is 1.45 bits per heavy atom. The van der Waals surface area contributed by atoms with Crippen molar-refractivity contribution in [1.82, 2.24) is 10.2 Å². The fourth-order valence-electron chi connectivity index (χ4n) is 2.75. The summed E-state index contributed by atoms with van der Waals surface area (Å²) in [5.74, 6) is 0.257. The average Bonchev–Trinajstić information content (AvgIpc) is 3.08. The highest BCUT2D eigenvalue weighted by molar-refractivity contribution is 7.91. The van der Waals surface area contributed by atoms with Gasteiger partial charge in [0.05, 0.1) is 29.5 Å². The molecule has 1 amide bonds. The molecule has 2 fully saturated rings. The molecular weight excluding hydrogens is 302 g/mol. The van der Waals surface area contributed by atoms with Crippen LogP contribution in [0.5, 0.6) is 0 Å². The van der Waals surface area contributed by atoms with Crippen LogP contribution in [0.1, 0.15) is 12.8 Å². The zero-order valence-electron chi connectivity index (χ0n) is 11.6. The number of hydrogen-bond donors (Lipinski definition) is 2. The van der Waals surface area contributed by atoms with Gasteiger partial charge < -0.3 is 11.1 Å². The topological polar surface area (TPSA) is 92.5 Å². The Bertz CT molecular complexity index is 467. The summed E-state index contributed by atoms with van der Waals surface area (Å²) >= 11 is 5.97. The molecule has 3 unspecified atom stereocenters. The van der Waals surface area contributed by atoms with Crippen LogP contribution < -0.4 is 11.1 Å². The van der Waals surface area contributed by atoms with Crippen molar-refractivity contribution in [2.75, 3.05) is 31.6 Å². The third-order valence-electron chi connectivity index (χ3n) is 4.00. The molecule has 2 rings (SSSR count). The van der Waals surface area contributed by atoms with E-state index in [0.29, 0.717) is 12.5 Å². The summed E-state index contributed by atoms with van der Waals surface area (Å²) in [5, 5.41) is 2.18. The van der Waals surface area contributed by atoms with Crippen molar-refractivity contribution in [3.05, 3.63) is 0 Å². The molecule has 0 aromatic heterocycles. The zero-order valence-corrected chi connectivity index (χ0v) is 13.2. The van der Waals surface area contributed by atoms with Crippen LogP contribution >= 0.6 is 11.6 Å². The third kappa shape index (κ3) is 4.07. The first-order chi connectivity index (χ1) is 9.32. The molecule has 6 nitrogen and oxygen atoms in total. The maximum atomic E-state index is 12.0. The van der Waals surface area contributed by atoms with Crippen LogP contribution in [0.15, 0.2) is 0 Å². The van der Waals surface area contributed by atoms with Gasteiger partial charge in [0.2, 0.25) is 5.91 Å². The normalized spacial score (nSPS) is 30.4. The van der Waals surface area contributed by atoms with Crippen LogP contribution in [0.2, 0.25) is 0 Å². The summed E-state index contributed by atoms with van der Waals surface area (Å²) in [6.45, 7) is 0.753. The van der Waals surface area contributed by atoms with Crippen molar-refractivity contribution >= 4 is 27.3 Å². The molecule has 1 heterocycles. The second-order valence-corrected chi connectivity index (χ2v) is 8.54. The first kappa shape index (κ1) is 16.0. The summed E-state index contributed by atoms with van der Waals surface area (Å²) in [5.41, 5.74) is 5.74. The monoisotopic (exact) mass is 323 g/mol. The van der Waals surface area contributed by atoms with Crippen molar-refractivity contribution in [1.29, 1.82) is 0 Å². The van der Waals surface area contributed by atoms with Gasteiger partial charge in [0.1, 0.15) is 0 Å². The molecule has 0 radical (unpaired) electrons. The number of nitrogens with one attached hydrogen (secondary N) is 1. The second-order valence-electron chi connectivity index (χ2n) is 5.82. The van der Waals surface area contributed by atoms with Gasteiger partial charge in [-0.3, -0.25) is 9.69 Å². The molecule has 8 heteroatoms. The first-order valence-electron chi connectivity index (χ1n) is 6.86. The smallest absolute Gasteiger partial charge is 0.234 e. The van der Waals surface area contributed by atoms with E-state index in [0.717, 1.165) is 0 Å². The molecule has 3 N–H and O–H groups in total. The van der Waals surface area contributed by atoms with E-state index in [4.69, 9.17) is 17.3 Å². The fourth-order valence-corrected chi connectivity index (χ4v) is 5.30. The second kappa shape index (κ2) is 6.17. The van der Waals surface area contributed by atoms with Crippen molar-refractivity contribution in [3.8, 4) is 0 Å². The number of nitrogens with two attached hydrogens (primary N) is 1. The minimum Gasteiger partial charge on any atom is -0.350 e. The quantitative estimate of drug-likeness (QED) is 0.623. The van der Waals surface area contributed by atoms with Crippen molar-refractivity contribution in [3.63, 3.8) is 0 Å². The predicted octanol–water partition coefficient (Wildman–Crippen LogP) is -0.824. The highest BCUT2D eigenvalue weighted by Crippen LogP contribution is 2.34. The van der Waals surface area contributed by atoms with Crippen LogP contribution in [0.3, 0.4) is 0 Å². The Balaban J connectivity index is 1.83. The van der Waals surface area contributed by atoms with E-state index in [1.165, 1.54) is 12.8 Å². The van der Waals surface area contributed by atoms with Crippen LogP contribution in [-0.2, 0) is 14.6 Å². The molecule has 0 aromatic rings. The van der Waals surface area contributed by atoms with Crippen molar-refractivity contribution in [2.45, 2.75) is 30.3 Å². The standard InChI is InChI=1S/C12H22ClN3O3S/c1-16(11(4-14)8-2-3-8)5-12(17)15-10-7-20(18,19)6-9(10)13/h8-11H,2-7,14H2,1H3,(H,15,17). The van der Waals surface area contributed by atoms with E-state index in [1.807, 2.05) is 11.9 Å². The maximum Gasteiger partial charge on any atom is 0.234 e. The average molecular weight is 324 g/mol. The van der Waals surface area contributed by atoms with Gasteiger partial charge in [0.25, 0.3) is 0 Å². The van der Waals surface area contributed by atoms with E-state index < -0.39 is 21.3 Å². The Labute approximate surface area is 124 Å². The lowest BCUT2D eigenvalue weighted by Gasteiger charge is -2.27. The van der Waals surface area contributed by atoms with Gasteiger partial charge in [-0.2, -0.15) is 0 Å². The van der Waals surface area contributed by atoms with Crippen LogP contribution in [0, 0.1) is 5.92 Å². The lowest BCUT2D eigenvalue weighted by molar-refractivity contribution is -0.123. The molecule has 116 valence electrons. The summed E-state index contributed by atoms with van der Waals surface area (Å²) in [4.78, 5) is 13.9. The van der Waals surface area contributed by atoms with Gasteiger partial charge in [-0.25, -0.2) is 8.42 Å². The number of rotatable bonds is 6. The van der Waals surface area contributed by atoms with E-state index in [9.17, 15) is 13.2 Å². The van der Waals surface area contributed by atoms with E-state index in [2.05, 4.69) is 5.32 Å². The van der Waals surface area contributed by atoms with Gasteiger partial charge in [0, 0.05) is 12.6 Å². The SMILES string of the molecule is CN(CC(=O)NC1CS(=O)(=O)CC1Cl)C(CN)C1CC1. The molecule has 0 aromatic carbocycles. The maximum absolute atomic E-state index is 12.0. The molecule has 2 aliphatic rings. The number of hydrogen-bond acceptors (Lipinski definition) is 5. The Hall–Kier alpha value is -0.370. The number of sulfone groups is 1. The minimum absolute atomic E-state index is 0.0666. The van der Waals surface area contributed by atoms with Crippen molar-refractivity contribution < 1.29 is 13.2 Å². The molecule has 1 saturated carbocycles. The number of amides is 1. The number of nitrogens with zero attached hydrogens (tertiary/aromatic N) is 1. The van der Waals surface area contributed by atoms with Crippen LogP contribution in [-0.4, -0.2) is 68.3 Å². The van der Waals surface area contributed by atoms with Gasteiger partial charge in [-0.15, -0.1) is 11.6 Å². The van der Waals surface area contributed by atoms with Crippen LogP contribution in [0.4, 0.5) is 0 Å². The predicted molar refractivity (Wildman–Crippen MR) is 78.4 cm³/mol. The Morgan fingerprint density at radius 2 is 2.10 bits per heavy atom. The van der Waals surface area contributed by atoms with Gasteiger partial charge in [0.15, 0.2) is 9.84 Å². The third-order valence-corrected chi connectivity index (χ3v) is 6.37. The molecular formula is C12H22ClN3O3S. The highest BCUT2D eigenvalue weighted by atomic mass is 35.5. The molecule has 1 aliphatic heterocycles. The fraction of sp³-hybridized carbons (Fsp3) is 0.917. The molecule has 0 spiro atoms. The van der Waals surface area contributed by atoms with E-state index >= 15 is 0 Å². The summed E-state index contributed by atoms with van der Waals surface area (Å²) in [6.07, 6.45) is 2.33. The zero-order chi connectivity index (χ0) is 14.9. The van der Waals surface area contributed by atoms with Crippen molar-refractivity contribution in [2.24, 2.45) is 11.7 Å². The highest BCUT2D eigenvalue weighted by Gasteiger charge is 2.38. The number of carbonyl (C=O) groups excluding carboxylic acids is 1. The minimum atomic E-state index is -3.12. The lowest BCUT2D eigenvalue weighted by atomic mass is 10.1. The number of alkyl halides is 1. The van der Waals surface area contributed by atoms with Gasteiger partial charge >= 0.3 is 0 Å². The van der Waals surface area contributed by atoms with Gasteiger partial charge in [-0.1, -0.05) is 0 Å². The Kier molecular flexibility index (Phi) is 4.94. The van der Waals surface area contributed by atoms with E-state index in [-0.39, 0.29) is 30.0 Å². The van der Waals surface area contributed by atoms with Crippen LogP contribution in [0.25, 0.3) is 0 Å². The largest absolute Gasteiger partial charge is 0.350 e. The first-order valence-corrected chi connectivity index (χ1v) is 9.12. The molecule has 20 heavy (non-hydrogen) atoms. The molecule has 1 aliphatic carbocycles. The summed E-state index contributed by atoms with van der Waals surface area (Å²) in [6, 6.07) is -0.264.